The highest BCUT2D eigenvalue weighted by molar-refractivity contribution is 9.10. The summed E-state index contributed by atoms with van der Waals surface area (Å²) in [7, 11) is 1.92. The van der Waals surface area contributed by atoms with Gasteiger partial charge in [-0.1, -0.05) is 35.1 Å². The van der Waals surface area contributed by atoms with Gasteiger partial charge in [0.15, 0.2) is 4.80 Å². The summed E-state index contributed by atoms with van der Waals surface area (Å²) >= 11 is 5.05. The van der Waals surface area contributed by atoms with Crippen LogP contribution in [0.25, 0.3) is 10.2 Å². The molecule has 3 rings (SSSR count). The average molecular weight is 361 g/mol. The molecule has 3 aromatic rings. The van der Waals surface area contributed by atoms with Crippen molar-refractivity contribution < 1.29 is 4.79 Å². The maximum Gasteiger partial charge on any atom is 0.279 e. The van der Waals surface area contributed by atoms with E-state index in [9.17, 15) is 4.79 Å². The fourth-order valence-electron chi connectivity index (χ4n) is 2.19. The van der Waals surface area contributed by atoms with Gasteiger partial charge < -0.3 is 4.57 Å². The molecule has 0 radical (unpaired) electrons. The first kappa shape index (κ1) is 14.2. The minimum Gasteiger partial charge on any atom is -0.318 e. The van der Waals surface area contributed by atoms with Crippen LogP contribution >= 0.6 is 27.3 Å². The van der Waals surface area contributed by atoms with Gasteiger partial charge in [-0.05, 0) is 47.1 Å². The van der Waals surface area contributed by atoms with Gasteiger partial charge in [-0.3, -0.25) is 4.79 Å². The number of hydrogen-bond donors (Lipinski definition) is 0. The second-order valence-electron chi connectivity index (χ2n) is 4.82. The van der Waals surface area contributed by atoms with Gasteiger partial charge in [0.2, 0.25) is 0 Å². The normalized spacial score (nSPS) is 12.0. The molecule has 1 amide bonds. The zero-order chi connectivity index (χ0) is 15.0. The molecule has 0 saturated heterocycles. The van der Waals surface area contributed by atoms with Crippen molar-refractivity contribution in [1.29, 1.82) is 0 Å². The van der Waals surface area contributed by atoms with Gasteiger partial charge in [0.25, 0.3) is 5.91 Å². The first-order valence-corrected chi connectivity index (χ1v) is 8.07. The predicted molar refractivity (Wildman–Crippen MR) is 89.6 cm³/mol. The number of thiazole rings is 1. The molecule has 1 aromatic heterocycles. The smallest absolute Gasteiger partial charge is 0.279 e. The number of rotatable bonds is 1. The molecule has 5 heteroatoms. The average Bonchev–Trinajstić information content (AvgIpc) is 2.77. The lowest BCUT2D eigenvalue weighted by atomic mass is 10.1. The minimum absolute atomic E-state index is 0.211. The zero-order valence-corrected chi connectivity index (χ0v) is 14.0. The van der Waals surface area contributed by atoms with E-state index in [-0.39, 0.29) is 5.91 Å². The van der Waals surface area contributed by atoms with Gasteiger partial charge in [0, 0.05) is 17.1 Å². The lowest BCUT2D eigenvalue weighted by molar-refractivity contribution is 0.0998. The summed E-state index contributed by atoms with van der Waals surface area (Å²) in [4.78, 5) is 17.3. The Balaban J connectivity index is 2.14. The first-order chi connectivity index (χ1) is 10.1. The Morgan fingerprint density at radius 3 is 2.71 bits per heavy atom. The number of carbonyl (C=O) groups excluding carboxylic acids is 1. The Bertz CT molecular complexity index is 908. The van der Waals surface area contributed by atoms with Crippen molar-refractivity contribution in [3.63, 3.8) is 0 Å². The number of amides is 1. The number of benzene rings is 2. The standard InChI is InChI=1S/C16H13BrN2OS/c1-10-5-3-6-11(9-10)15(20)18-16-19(2)14-12(17)7-4-8-13(14)21-16/h3-9H,1-2H3. The summed E-state index contributed by atoms with van der Waals surface area (Å²) in [6.45, 7) is 1.97. The molecule has 106 valence electrons. The van der Waals surface area contributed by atoms with E-state index in [4.69, 9.17) is 0 Å². The molecule has 0 aliphatic heterocycles. The minimum atomic E-state index is -0.211. The fraction of sp³-hybridized carbons (Fsp3) is 0.125. The number of hydrogen-bond acceptors (Lipinski definition) is 2. The fourth-order valence-corrected chi connectivity index (χ4v) is 4.00. The van der Waals surface area contributed by atoms with E-state index in [1.165, 1.54) is 11.3 Å². The van der Waals surface area contributed by atoms with Gasteiger partial charge in [-0.2, -0.15) is 4.99 Å². The van der Waals surface area contributed by atoms with Gasteiger partial charge in [-0.25, -0.2) is 0 Å². The lowest BCUT2D eigenvalue weighted by Crippen LogP contribution is -2.13. The Hall–Kier alpha value is -1.72. The highest BCUT2D eigenvalue weighted by Gasteiger charge is 2.09. The summed E-state index contributed by atoms with van der Waals surface area (Å²) in [5, 5.41) is 0. The van der Waals surface area contributed by atoms with Gasteiger partial charge >= 0.3 is 0 Å². The molecule has 0 unspecified atom stereocenters. The van der Waals surface area contributed by atoms with E-state index in [1.54, 1.807) is 6.07 Å². The number of aryl methyl sites for hydroxylation is 2. The van der Waals surface area contributed by atoms with Crippen molar-refractivity contribution in [2.24, 2.45) is 12.0 Å². The van der Waals surface area contributed by atoms with Crippen LogP contribution < -0.4 is 4.80 Å². The lowest BCUT2D eigenvalue weighted by Gasteiger charge is -1.98. The maximum absolute atomic E-state index is 12.3. The van der Waals surface area contributed by atoms with Crippen LogP contribution in [0.3, 0.4) is 0 Å². The number of para-hydroxylation sites is 1. The number of fused-ring (bicyclic) bond motifs is 1. The molecule has 21 heavy (non-hydrogen) atoms. The van der Waals surface area contributed by atoms with Crippen LogP contribution in [-0.4, -0.2) is 10.5 Å². The Morgan fingerprint density at radius 1 is 1.24 bits per heavy atom. The van der Waals surface area contributed by atoms with Crippen molar-refractivity contribution in [1.82, 2.24) is 4.57 Å². The SMILES string of the molecule is Cc1cccc(C(=O)N=c2sc3cccc(Br)c3n2C)c1. The monoisotopic (exact) mass is 360 g/mol. The van der Waals surface area contributed by atoms with Crippen LogP contribution in [0.5, 0.6) is 0 Å². The molecule has 0 spiro atoms. The second-order valence-corrected chi connectivity index (χ2v) is 6.68. The van der Waals surface area contributed by atoms with E-state index < -0.39 is 0 Å². The number of aromatic nitrogens is 1. The molecule has 2 aromatic carbocycles. The predicted octanol–water partition coefficient (Wildman–Crippen LogP) is 4.05. The van der Waals surface area contributed by atoms with Crippen LogP contribution in [0, 0.1) is 6.92 Å². The number of carbonyl (C=O) groups is 1. The molecule has 0 aliphatic rings. The molecule has 0 aliphatic carbocycles. The summed E-state index contributed by atoms with van der Waals surface area (Å²) in [6, 6.07) is 13.5. The molecule has 0 N–H and O–H groups in total. The summed E-state index contributed by atoms with van der Waals surface area (Å²) < 4.78 is 4.04. The van der Waals surface area contributed by atoms with Gasteiger partial charge in [0.05, 0.1) is 10.2 Å². The van der Waals surface area contributed by atoms with E-state index in [2.05, 4.69) is 20.9 Å². The van der Waals surface area contributed by atoms with Crippen LogP contribution in [0.2, 0.25) is 0 Å². The third-order valence-corrected chi connectivity index (χ3v) is 4.97. The molecule has 0 bridgehead atoms. The number of nitrogens with zero attached hydrogens (tertiary/aromatic N) is 2. The van der Waals surface area contributed by atoms with Crippen molar-refractivity contribution in [3.05, 3.63) is 62.9 Å². The third kappa shape index (κ3) is 2.71. The highest BCUT2D eigenvalue weighted by Crippen LogP contribution is 2.24. The van der Waals surface area contributed by atoms with Crippen LogP contribution in [-0.2, 0) is 7.05 Å². The molecule has 0 atom stereocenters. The Kier molecular flexibility index (Phi) is 3.78. The quantitative estimate of drug-likeness (QED) is 0.644. The number of halogens is 1. The summed E-state index contributed by atoms with van der Waals surface area (Å²) in [6.07, 6.45) is 0. The van der Waals surface area contributed by atoms with E-state index in [1.807, 2.05) is 54.9 Å². The molecule has 0 fully saturated rings. The zero-order valence-electron chi connectivity index (χ0n) is 11.6. The topological polar surface area (TPSA) is 34.4 Å². The van der Waals surface area contributed by atoms with Crippen LogP contribution in [0.4, 0.5) is 0 Å². The maximum atomic E-state index is 12.3. The second kappa shape index (κ2) is 5.58. The van der Waals surface area contributed by atoms with E-state index in [0.717, 1.165) is 20.3 Å². The molecule has 3 nitrogen and oxygen atoms in total. The first-order valence-electron chi connectivity index (χ1n) is 6.46. The Morgan fingerprint density at radius 2 is 2.00 bits per heavy atom. The van der Waals surface area contributed by atoms with Crippen LogP contribution in [0.1, 0.15) is 15.9 Å². The summed E-state index contributed by atoms with van der Waals surface area (Å²) in [5.41, 5.74) is 2.73. The van der Waals surface area contributed by atoms with Gasteiger partial charge in [-0.15, -0.1) is 0 Å². The molecule has 0 saturated carbocycles. The van der Waals surface area contributed by atoms with E-state index in [0.29, 0.717) is 10.4 Å². The summed E-state index contributed by atoms with van der Waals surface area (Å²) in [5.74, 6) is -0.211. The van der Waals surface area contributed by atoms with Gasteiger partial charge in [0.1, 0.15) is 0 Å². The molecule has 1 heterocycles. The highest BCUT2D eigenvalue weighted by atomic mass is 79.9. The van der Waals surface area contributed by atoms with Crippen molar-refractivity contribution >= 4 is 43.4 Å². The Labute approximate surface area is 134 Å². The molecular formula is C16H13BrN2OS. The van der Waals surface area contributed by atoms with Crippen molar-refractivity contribution in [2.45, 2.75) is 6.92 Å². The molecular weight excluding hydrogens is 348 g/mol. The van der Waals surface area contributed by atoms with Crippen molar-refractivity contribution in [3.8, 4) is 0 Å². The van der Waals surface area contributed by atoms with E-state index >= 15 is 0 Å². The van der Waals surface area contributed by atoms with Crippen LogP contribution in [0.15, 0.2) is 51.9 Å². The van der Waals surface area contributed by atoms with Crippen molar-refractivity contribution in [2.75, 3.05) is 0 Å². The largest absolute Gasteiger partial charge is 0.318 e. The third-order valence-electron chi connectivity index (χ3n) is 3.24.